The summed E-state index contributed by atoms with van der Waals surface area (Å²) in [7, 11) is 0. The van der Waals surface area contributed by atoms with Gasteiger partial charge in [0.1, 0.15) is 11.5 Å². The second kappa shape index (κ2) is 9.94. The van der Waals surface area contributed by atoms with Gasteiger partial charge in [0.2, 0.25) is 0 Å². The maximum atomic E-state index is 12.1. The fraction of sp³-hybridized carbons (Fsp3) is 0.130. The number of para-hydroxylation sites is 2. The molecule has 0 radical (unpaired) electrons. The van der Waals surface area contributed by atoms with E-state index in [1.54, 1.807) is 42.5 Å². The standard InChI is InChI=1S/C23H22N2O4/c1-17-14-18(24-22(26)15-28-19-8-4-2-5-9-19)12-13-21(17)25-23(27)16-29-20-10-6-3-7-11-20/h2-14H,15-16H2,1H3,(H,24,26)(H,25,27). The molecule has 0 heterocycles. The Morgan fingerprint density at radius 1 is 0.724 bits per heavy atom. The van der Waals surface area contributed by atoms with E-state index in [4.69, 9.17) is 9.47 Å². The van der Waals surface area contributed by atoms with Gasteiger partial charge in [-0.05, 0) is 55.0 Å². The van der Waals surface area contributed by atoms with E-state index in [1.165, 1.54) is 0 Å². The Kier molecular flexibility index (Phi) is 6.84. The Morgan fingerprint density at radius 3 is 1.76 bits per heavy atom. The summed E-state index contributed by atoms with van der Waals surface area (Å²) >= 11 is 0. The number of carbonyl (C=O) groups excluding carboxylic acids is 2. The van der Waals surface area contributed by atoms with Crippen LogP contribution in [0.15, 0.2) is 78.9 Å². The number of benzene rings is 3. The van der Waals surface area contributed by atoms with Gasteiger partial charge in [-0.25, -0.2) is 0 Å². The van der Waals surface area contributed by atoms with Crippen LogP contribution in [0.5, 0.6) is 11.5 Å². The summed E-state index contributed by atoms with van der Waals surface area (Å²) in [6.07, 6.45) is 0. The second-order valence-corrected chi connectivity index (χ2v) is 6.33. The first-order chi connectivity index (χ1) is 14.1. The van der Waals surface area contributed by atoms with Crippen LogP contribution < -0.4 is 20.1 Å². The van der Waals surface area contributed by atoms with Crippen LogP contribution in [-0.2, 0) is 9.59 Å². The summed E-state index contributed by atoms with van der Waals surface area (Å²) in [6.45, 7) is 1.68. The Hall–Kier alpha value is -3.80. The third kappa shape index (κ3) is 6.39. The van der Waals surface area contributed by atoms with Crippen LogP contribution in [-0.4, -0.2) is 25.0 Å². The summed E-state index contributed by atoms with van der Waals surface area (Å²) in [5.41, 5.74) is 2.10. The van der Waals surface area contributed by atoms with Crippen molar-refractivity contribution in [3.05, 3.63) is 84.4 Å². The monoisotopic (exact) mass is 390 g/mol. The number of ether oxygens (including phenoxy) is 2. The molecule has 0 aromatic heterocycles. The SMILES string of the molecule is Cc1cc(NC(=O)COc2ccccc2)ccc1NC(=O)COc1ccccc1. The molecule has 148 valence electrons. The summed E-state index contributed by atoms with van der Waals surface area (Å²) in [4.78, 5) is 24.2. The molecule has 6 heteroatoms. The topological polar surface area (TPSA) is 76.7 Å². The van der Waals surface area contributed by atoms with Crippen molar-refractivity contribution in [2.75, 3.05) is 23.8 Å². The predicted molar refractivity (Wildman–Crippen MR) is 112 cm³/mol. The minimum absolute atomic E-state index is 0.0846. The molecule has 0 saturated carbocycles. The summed E-state index contributed by atoms with van der Waals surface area (Å²) in [5, 5.41) is 5.59. The molecule has 0 aliphatic rings. The van der Waals surface area contributed by atoms with E-state index in [9.17, 15) is 9.59 Å². The maximum Gasteiger partial charge on any atom is 0.262 e. The van der Waals surface area contributed by atoms with Crippen LogP contribution >= 0.6 is 0 Å². The lowest BCUT2D eigenvalue weighted by atomic mass is 10.1. The summed E-state index contributed by atoms with van der Waals surface area (Å²) < 4.78 is 10.9. The van der Waals surface area contributed by atoms with Gasteiger partial charge in [-0.3, -0.25) is 9.59 Å². The van der Waals surface area contributed by atoms with Gasteiger partial charge in [0.25, 0.3) is 11.8 Å². The van der Waals surface area contributed by atoms with Crippen LogP contribution in [0.2, 0.25) is 0 Å². The van der Waals surface area contributed by atoms with E-state index in [-0.39, 0.29) is 25.0 Å². The van der Waals surface area contributed by atoms with Gasteiger partial charge >= 0.3 is 0 Å². The van der Waals surface area contributed by atoms with E-state index < -0.39 is 0 Å². The van der Waals surface area contributed by atoms with Crippen LogP contribution in [0.3, 0.4) is 0 Å². The highest BCUT2D eigenvalue weighted by atomic mass is 16.5. The lowest BCUT2D eigenvalue weighted by Gasteiger charge is -2.12. The second-order valence-electron chi connectivity index (χ2n) is 6.33. The molecule has 0 spiro atoms. The normalized spacial score (nSPS) is 10.1. The molecule has 0 saturated heterocycles. The quantitative estimate of drug-likeness (QED) is 0.609. The van der Waals surface area contributed by atoms with Gasteiger partial charge in [0.15, 0.2) is 13.2 Å². The molecule has 2 N–H and O–H groups in total. The number of carbonyl (C=O) groups is 2. The molecular formula is C23H22N2O4. The third-order valence-electron chi connectivity index (χ3n) is 4.01. The van der Waals surface area contributed by atoms with Gasteiger partial charge in [0.05, 0.1) is 0 Å². The highest BCUT2D eigenvalue weighted by Crippen LogP contribution is 2.20. The first-order valence-electron chi connectivity index (χ1n) is 9.16. The number of hydrogen-bond acceptors (Lipinski definition) is 4. The van der Waals surface area contributed by atoms with Gasteiger partial charge < -0.3 is 20.1 Å². The molecule has 0 fully saturated rings. The van der Waals surface area contributed by atoms with Gasteiger partial charge in [0, 0.05) is 11.4 Å². The van der Waals surface area contributed by atoms with Crippen LogP contribution in [0, 0.1) is 6.92 Å². The number of hydrogen-bond donors (Lipinski definition) is 2. The Bertz CT molecular complexity index is 959. The zero-order chi connectivity index (χ0) is 20.5. The van der Waals surface area contributed by atoms with Crippen molar-refractivity contribution < 1.29 is 19.1 Å². The highest BCUT2D eigenvalue weighted by molar-refractivity contribution is 5.94. The van der Waals surface area contributed by atoms with Crippen molar-refractivity contribution in [2.45, 2.75) is 6.92 Å². The van der Waals surface area contributed by atoms with E-state index in [1.807, 2.05) is 43.3 Å². The van der Waals surface area contributed by atoms with E-state index in [0.29, 0.717) is 22.9 Å². The van der Waals surface area contributed by atoms with Crippen molar-refractivity contribution in [1.82, 2.24) is 0 Å². The first-order valence-corrected chi connectivity index (χ1v) is 9.16. The maximum absolute atomic E-state index is 12.1. The zero-order valence-corrected chi connectivity index (χ0v) is 16.1. The van der Waals surface area contributed by atoms with Crippen LogP contribution in [0.4, 0.5) is 11.4 Å². The van der Waals surface area contributed by atoms with Crippen LogP contribution in [0.25, 0.3) is 0 Å². The number of nitrogens with one attached hydrogen (secondary N) is 2. The molecule has 29 heavy (non-hydrogen) atoms. The molecule has 3 rings (SSSR count). The Balaban J connectivity index is 1.48. The van der Waals surface area contributed by atoms with E-state index >= 15 is 0 Å². The van der Waals surface area contributed by atoms with Crippen molar-refractivity contribution in [1.29, 1.82) is 0 Å². The smallest absolute Gasteiger partial charge is 0.262 e. The third-order valence-corrected chi connectivity index (χ3v) is 4.01. The summed E-state index contributed by atoms with van der Waals surface area (Å²) in [6, 6.07) is 23.5. The first kappa shape index (κ1) is 19.9. The molecule has 0 atom stereocenters. The molecule has 3 aromatic carbocycles. The van der Waals surface area contributed by atoms with Crippen molar-refractivity contribution in [2.24, 2.45) is 0 Å². The molecule has 0 aliphatic heterocycles. The number of anilines is 2. The number of rotatable bonds is 8. The predicted octanol–water partition coefficient (Wildman–Crippen LogP) is 4.03. The average Bonchev–Trinajstić information content (AvgIpc) is 2.74. The zero-order valence-electron chi connectivity index (χ0n) is 16.1. The molecule has 3 aromatic rings. The van der Waals surface area contributed by atoms with Crippen molar-refractivity contribution in [3.63, 3.8) is 0 Å². The lowest BCUT2D eigenvalue weighted by Crippen LogP contribution is -2.21. The largest absolute Gasteiger partial charge is 0.484 e. The average molecular weight is 390 g/mol. The molecule has 2 amide bonds. The number of aryl methyl sites for hydroxylation is 1. The molecule has 6 nitrogen and oxygen atoms in total. The van der Waals surface area contributed by atoms with E-state index in [0.717, 1.165) is 5.56 Å². The van der Waals surface area contributed by atoms with Gasteiger partial charge in [-0.1, -0.05) is 36.4 Å². The summed E-state index contributed by atoms with van der Waals surface area (Å²) in [5.74, 6) is 0.746. The Labute approximate surface area is 169 Å². The molecule has 0 bridgehead atoms. The molecular weight excluding hydrogens is 368 g/mol. The van der Waals surface area contributed by atoms with Gasteiger partial charge in [-0.15, -0.1) is 0 Å². The minimum atomic E-state index is -0.263. The fourth-order valence-electron chi connectivity index (χ4n) is 2.60. The van der Waals surface area contributed by atoms with Crippen LogP contribution in [0.1, 0.15) is 5.56 Å². The Morgan fingerprint density at radius 2 is 1.24 bits per heavy atom. The molecule has 0 unspecified atom stereocenters. The number of amides is 2. The van der Waals surface area contributed by atoms with E-state index in [2.05, 4.69) is 10.6 Å². The molecule has 0 aliphatic carbocycles. The minimum Gasteiger partial charge on any atom is -0.484 e. The van der Waals surface area contributed by atoms with Gasteiger partial charge in [-0.2, -0.15) is 0 Å². The fourth-order valence-corrected chi connectivity index (χ4v) is 2.60. The van der Waals surface area contributed by atoms with Crippen molar-refractivity contribution in [3.8, 4) is 11.5 Å². The van der Waals surface area contributed by atoms with Crippen molar-refractivity contribution >= 4 is 23.2 Å². The highest BCUT2D eigenvalue weighted by Gasteiger charge is 2.09. The lowest BCUT2D eigenvalue weighted by molar-refractivity contribution is -0.118.